The van der Waals surface area contributed by atoms with Crippen molar-refractivity contribution in [1.82, 2.24) is 0 Å². The van der Waals surface area contributed by atoms with Gasteiger partial charge in [0.05, 0.1) is 0 Å². The number of esters is 3. The third-order valence-corrected chi connectivity index (χ3v) is 14.8. The molecule has 420 valence electrons. The number of ether oxygens (including phenoxy) is 3. The van der Waals surface area contributed by atoms with Gasteiger partial charge in [-0.2, -0.15) is 0 Å². The van der Waals surface area contributed by atoms with Gasteiger partial charge in [0.2, 0.25) is 0 Å². The Bertz CT molecular complexity index is 1050. The minimum atomic E-state index is -0.768. The van der Waals surface area contributed by atoms with Crippen LogP contribution >= 0.6 is 0 Å². The number of carbonyl (C=O) groups is 3. The average Bonchev–Trinajstić information content (AvgIpc) is 3.37. The lowest BCUT2D eigenvalue weighted by atomic mass is 10.0. The van der Waals surface area contributed by atoms with Crippen molar-refractivity contribution in [3.8, 4) is 0 Å². The van der Waals surface area contributed by atoms with Crippen molar-refractivity contribution < 1.29 is 28.6 Å². The van der Waals surface area contributed by atoms with Crippen molar-refractivity contribution >= 4 is 17.9 Å². The van der Waals surface area contributed by atoms with Gasteiger partial charge in [-0.15, -0.1) is 0 Å². The molecule has 0 radical (unpaired) electrons. The predicted octanol–water partition coefficient (Wildman–Crippen LogP) is 21.7. The lowest BCUT2D eigenvalue weighted by Gasteiger charge is -2.18. The molecule has 0 atom stereocenters. The van der Waals surface area contributed by atoms with Crippen LogP contribution in [0.3, 0.4) is 0 Å². The molecule has 0 amide bonds. The summed E-state index contributed by atoms with van der Waals surface area (Å²) < 4.78 is 17.0. The number of allylic oxidation sites excluding steroid dienone is 2. The highest BCUT2D eigenvalue weighted by Crippen LogP contribution is 2.18. The number of hydrogen-bond acceptors (Lipinski definition) is 6. The molecule has 0 unspecified atom stereocenters. The van der Waals surface area contributed by atoms with E-state index in [4.69, 9.17) is 14.2 Å². The number of carbonyl (C=O) groups excluding carboxylic acids is 3. The second-order valence-electron chi connectivity index (χ2n) is 22.0. The van der Waals surface area contributed by atoms with E-state index in [1.54, 1.807) is 0 Å². The van der Waals surface area contributed by atoms with E-state index in [1.807, 2.05) is 0 Å². The molecule has 0 aromatic rings. The van der Waals surface area contributed by atoms with Crippen LogP contribution in [0.2, 0.25) is 0 Å². The molecule has 0 spiro atoms. The summed E-state index contributed by atoms with van der Waals surface area (Å²) in [6, 6.07) is 0. The zero-order valence-corrected chi connectivity index (χ0v) is 48.3. The molecule has 0 fully saturated rings. The smallest absolute Gasteiger partial charge is 0.306 e. The van der Waals surface area contributed by atoms with Crippen LogP contribution in [0.15, 0.2) is 12.2 Å². The molecule has 0 aliphatic rings. The van der Waals surface area contributed by atoms with E-state index < -0.39 is 6.10 Å². The van der Waals surface area contributed by atoms with E-state index in [0.717, 1.165) is 57.8 Å². The van der Waals surface area contributed by atoms with E-state index in [9.17, 15) is 14.4 Å². The van der Waals surface area contributed by atoms with Crippen LogP contribution in [-0.2, 0) is 28.6 Å². The largest absolute Gasteiger partial charge is 0.462 e. The van der Waals surface area contributed by atoms with Crippen LogP contribution < -0.4 is 0 Å². The van der Waals surface area contributed by atoms with Crippen molar-refractivity contribution in [1.29, 1.82) is 0 Å². The molecule has 0 bridgehead atoms. The minimum absolute atomic E-state index is 0.0652. The second-order valence-corrected chi connectivity index (χ2v) is 22.0. The molecular formula is C65H124O6. The van der Waals surface area contributed by atoms with Gasteiger partial charge in [-0.25, -0.2) is 0 Å². The van der Waals surface area contributed by atoms with E-state index in [2.05, 4.69) is 32.9 Å². The van der Waals surface area contributed by atoms with Gasteiger partial charge >= 0.3 is 17.9 Å². The molecule has 6 nitrogen and oxygen atoms in total. The Morgan fingerprint density at radius 1 is 0.268 bits per heavy atom. The SMILES string of the molecule is CCCCCC/C=C\CCCCCCCCCC(=O)OC(COC(=O)CCCCCCCCCCCCCCCCCCCCC)COC(=O)CCCCCCCCCCCCCCCCCCCCC. The van der Waals surface area contributed by atoms with Crippen LogP contribution in [0.4, 0.5) is 0 Å². The quantitative estimate of drug-likeness (QED) is 0.0261. The molecule has 0 aliphatic carbocycles. The van der Waals surface area contributed by atoms with Crippen molar-refractivity contribution in [2.75, 3.05) is 13.2 Å². The summed E-state index contributed by atoms with van der Waals surface area (Å²) in [6.45, 7) is 6.71. The molecular weight excluding hydrogens is 877 g/mol. The lowest BCUT2D eigenvalue weighted by molar-refractivity contribution is -0.167. The molecule has 6 heteroatoms. The molecule has 0 aromatic heterocycles. The van der Waals surface area contributed by atoms with Gasteiger partial charge in [0.1, 0.15) is 13.2 Å². The monoisotopic (exact) mass is 1000 g/mol. The first-order valence-corrected chi connectivity index (χ1v) is 32.2. The molecule has 71 heavy (non-hydrogen) atoms. The van der Waals surface area contributed by atoms with Gasteiger partial charge in [-0.1, -0.05) is 315 Å². The summed E-state index contributed by atoms with van der Waals surface area (Å²) in [5.41, 5.74) is 0. The van der Waals surface area contributed by atoms with Crippen LogP contribution in [0.1, 0.15) is 367 Å². The highest BCUT2D eigenvalue weighted by atomic mass is 16.6. The third kappa shape index (κ3) is 58.9. The summed E-state index contributed by atoms with van der Waals surface area (Å²) in [4.78, 5) is 38.3. The molecule has 0 heterocycles. The third-order valence-electron chi connectivity index (χ3n) is 14.8. The number of unbranched alkanes of at least 4 members (excludes halogenated alkanes) is 47. The maximum absolute atomic E-state index is 12.9. The lowest BCUT2D eigenvalue weighted by Crippen LogP contribution is -2.30. The van der Waals surface area contributed by atoms with Gasteiger partial charge in [0.15, 0.2) is 6.10 Å². The van der Waals surface area contributed by atoms with Crippen LogP contribution in [-0.4, -0.2) is 37.2 Å². The van der Waals surface area contributed by atoms with Crippen molar-refractivity contribution in [2.45, 2.75) is 374 Å². The van der Waals surface area contributed by atoms with Crippen molar-refractivity contribution in [3.63, 3.8) is 0 Å². The van der Waals surface area contributed by atoms with Crippen molar-refractivity contribution in [2.24, 2.45) is 0 Å². The number of hydrogen-bond donors (Lipinski definition) is 0. The standard InChI is InChI=1S/C65H124O6/c1-4-7-10-13-16-19-22-25-28-30-32-34-37-39-42-45-48-51-54-57-63(66)69-60-62(71-65(68)59-56-53-50-47-44-41-36-27-24-21-18-15-12-9-6-3)61-70-64(67)58-55-52-49-46-43-40-38-35-33-31-29-26-23-20-17-14-11-8-5-2/h21,24,62H,4-20,22-23,25-61H2,1-3H3/b24-21-. The fourth-order valence-electron chi connectivity index (χ4n) is 9.91. The molecule has 0 N–H and O–H groups in total. The number of rotatable bonds is 60. The van der Waals surface area contributed by atoms with Gasteiger partial charge in [0, 0.05) is 19.3 Å². The first-order chi connectivity index (χ1) is 35.0. The zero-order valence-electron chi connectivity index (χ0n) is 48.3. The highest BCUT2D eigenvalue weighted by Gasteiger charge is 2.19. The highest BCUT2D eigenvalue weighted by molar-refractivity contribution is 5.71. The van der Waals surface area contributed by atoms with Gasteiger partial charge in [-0.3, -0.25) is 14.4 Å². The van der Waals surface area contributed by atoms with E-state index >= 15 is 0 Å². The molecule has 0 aromatic carbocycles. The molecule has 0 rings (SSSR count). The first kappa shape index (κ1) is 69.2. The Labute approximate surface area is 443 Å². The minimum Gasteiger partial charge on any atom is -0.462 e. The Morgan fingerprint density at radius 2 is 0.465 bits per heavy atom. The summed E-state index contributed by atoms with van der Waals surface area (Å²) in [6.07, 6.45) is 70.7. The predicted molar refractivity (Wildman–Crippen MR) is 307 cm³/mol. The Balaban J connectivity index is 4.28. The summed E-state index contributed by atoms with van der Waals surface area (Å²) in [5, 5.41) is 0. The normalized spacial score (nSPS) is 11.6. The fourth-order valence-corrected chi connectivity index (χ4v) is 9.91. The molecule has 0 saturated carbocycles. The van der Waals surface area contributed by atoms with Crippen LogP contribution in [0, 0.1) is 0 Å². The second kappa shape index (κ2) is 60.7. The maximum atomic E-state index is 12.9. The zero-order chi connectivity index (χ0) is 51.4. The Hall–Kier alpha value is -1.85. The van der Waals surface area contributed by atoms with Gasteiger partial charge < -0.3 is 14.2 Å². The van der Waals surface area contributed by atoms with Gasteiger partial charge in [0.25, 0.3) is 0 Å². The Morgan fingerprint density at radius 3 is 0.718 bits per heavy atom. The maximum Gasteiger partial charge on any atom is 0.306 e. The Kier molecular flexibility index (Phi) is 59.1. The van der Waals surface area contributed by atoms with E-state index in [1.165, 1.54) is 270 Å². The molecule has 0 saturated heterocycles. The van der Waals surface area contributed by atoms with Crippen LogP contribution in [0.25, 0.3) is 0 Å². The average molecular weight is 1000 g/mol. The molecule has 0 aliphatic heterocycles. The summed E-state index contributed by atoms with van der Waals surface area (Å²) >= 11 is 0. The first-order valence-electron chi connectivity index (χ1n) is 32.2. The summed E-state index contributed by atoms with van der Waals surface area (Å²) in [7, 11) is 0. The van der Waals surface area contributed by atoms with E-state index in [-0.39, 0.29) is 31.1 Å². The topological polar surface area (TPSA) is 78.9 Å². The van der Waals surface area contributed by atoms with Gasteiger partial charge in [-0.05, 0) is 44.9 Å². The van der Waals surface area contributed by atoms with Crippen molar-refractivity contribution in [3.05, 3.63) is 12.2 Å². The fraction of sp³-hybridized carbons (Fsp3) is 0.923. The summed E-state index contributed by atoms with van der Waals surface area (Å²) in [5.74, 6) is -0.838. The van der Waals surface area contributed by atoms with Crippen LogP contribution in [0.5, 0.6) is 0 Å². The van der Waals surface area contributed by atoms with E-state index in [0.29, 0.717) is 19.3 Å².